The molecule has 0 N–H and O–H groups in total. The van der Waals surface area contributed by atoms with E-state index in [1.807, 2.05) is 0 Å². The summed E-state index contributed by atoms with van der Waals surface area (Å²) in [5.41, 5.74) is -2.58. The Balaban J connectivity index is 1.92. The molecule has 9 heteroatoms. The summed E-state index contributed by atoms with van der Waals surface area (Å²) in [6.07, 6.45) is -5.70. The van der Waals surface area contributed by atoms with Crippen molar-refractivity contribution in [2.45, 2.75) is 64.4 Å². The first-order valence-electron chi connectivity index (χ1n) is 9.88. The van der Waals surface area contributed by atoms with Crippen molar-refractivity contribution in [3.63, 3.8) is 0 Å². The van der Waals surface area contributed by atoms with E-state index < -0.39 is 47.1 Å². The zero-order valence-corrected chi connectivity index (χ0v) is 17.4. The van der Waals surface area contributed by atoms with Crippen LogP contribution in [0.2, 0.25) is 0 Å². The molecule has 166 valence electrons. The lowest BCUT2D eigenvalue weighted by Crippen LogP contribution is -2.59. The summed E-state index contributed by atoms with van der Waals surface area (Å²) < 4.78 is 59.4. The molecule has 1 aliphatic heterocycles. The maximum Gasteiger partial charge on any atom is 0.410 e. The monoisotopic (exact) mass is 430 g/mol. The molecule has 5 nitrogen and oxygen atoms in total. The number of alkyl halides is 3. The number of nitrogens with zero attached hydrogens (tertiary/aromatic N) is 2. The van der Waals surface area contributed by atoms with Gasteiger partial charge in [-0.05, 0) is 58.2 Å². The van der Waals surface area contributed by atoms with Crippen molar-refractivity contribution < 1.29 is 31.9 Å². The normalized spacial score (nSPS) is 23.9. The fourth-order valence-corrected chi connectivity index (χ4v) is 3.77. The van der Waals surface area contributed by atoms with E-state index in [-0.39, 0.29) is 25.9 Å². The molecule has 2 amide bonds. The van der Waals surface area contributed by atoms with Crippen LogP contribution < -0.4 is 0 Å². The van der Waals surface area contributed by atoms with E-state index in [9.17, 15) is 27.2 Å². The Morgan fingerprint density at radius 1 is 1.03 bits per heavy atom. The van der Waals surface area contributed by atoms with Crippen LogP contribution in [0, 0.1) is 11.2 Å². The van der Waals surface area contributed by atoms with Crippen molar-refractivity contribution in [3.05, 3.63) is 35.6 Å². The smallest absolute Gasteiger partial charge is 0.410 e. The summed E-state index contributed by atoms with van der Waals surface area (Å²) in [6.45, 7) is 6.63. The highest BCUT2D eigenvalue weighted by Crippen LogP contribution is 2.59. The number of halogens is 4. The van der Waals surface area contributed by atoms with Gasteiger partial charge in [0.2, 0.25) is 5.91 Å². The highest BCUT2D eigenvalue weighted by molar-refractivity contribution is 5.87. The van der Waals surface area contributed by atoms with Gasteiger partial charge >= 0.3 is 12.3 Å². The lowest BCUT2D eigenvalue weighted by Gasteiger charge is -2.46. The minimum absolute atomic E-state index is 0.0105. The number of hydrogen-bond acceptors (Lipinski definition) is 3. The lowest BCUT2D eigenvalue weighted by atomic mass is 9.96. The fourth-order valence-electron chi connectivity index (χ4n) is 3.77. The molecule has 1 aliphatic carbocycles. The van der Waals surface area contributed by atoms with E-state index >= 15 is 0 Å². The molecule has 1 saturated heterocycles. The average Bonchev–Trinajstić information content (AvgIpc) is 3.42. The highest BCUT2D eigenvalue weighted by Gasteiger charge is 2.70. The van der Waals surface area contributed by atoms with Gasteiger partial charge in [-0.1, -0.05) is 12.1 Å². The summed E-state index contributed by atoms with van der Waals surface area (Å²) in [5, 5.41) is 0. The number of hydrogen-bond donors (Lipinski definition) is 0. The largest absolute Gasteiger partial charge is 0.444 e. The second kappa shape index (κ2) is 7.42. The predicted molar refractivity (Wildman–Crippen MR) is 101 cm³/mol. The van der Waals surface area contributed by atoms with Crippen molar-refractivity contribution >= 4 is 12.0 Å². The zero-order valence-electron chi connectivity index (χ0n) is 17.4. The van der Waals surface area contributed by atoms with E-state index in [2.05, 4.69) is 0 Å². The van der Waals surface area contributed by atoms with E-state index in [1.165, 1.54) is 34.1 Å². The van der Waals surface area contributed by atoms with Crippen LogP contribution in [0.25, 0.3) is 0 Å². The molecule has 0 unspecified atom stereocenters. The Morgan fingerprint density at radius 2 is 1.60 bits per heavy atom. The van der Waals surface area contributed by atoms with E-state index in [0.29, 0.717) is 5.56 Å². The highest BCUT2D eigenvalue weighted by atomic mass is 19.4. The molecule has 3 rings (SSSR count). The van der Waals surface area contributed by atoms with E-state index in [1.54, 1.807) is 27.7 Å². The second-order valence-corrected chi connectivity index (χ2v) is 9.09. The molecule has 0 bridgehead atoms. The number of piperazine rings is 1. The molecule has 30 heavy (non-hydrogen) atoms. The van der Waals surface area contributed by atoms with E-state index in [4.69, 9.17) is 4.74 Å². The molecule has 2 fully saturated rings. The fraction of sp³-hybridized carbons (Fsp3) is 0.619. The number of carbonyl (C=O) groups is 2. The van der Waals surface area contributed by atoms with Gasteiger partial charge in [-0.3, -0.25) is 9.69 Å². The van der Waals surface area contributed by atoms with Crippen molar-refractivity contribution in [2.75, 3.05) is 13.1 Å². The third kappa shape index (κ3) is 4.25. The SMILES string of the molecule is C[C@H]1CN(C(=O)OC(C)(C)C)[C@H](c2ccc(F)cc2)CN1C(=O)C1(C(F)(F)F)CC1. The summed E-state index contributed by atoms with van der Waals surface area (Å²) >= 11 is 0. The summed E-state index contributed by atoms with van der Waals surface area (Å²) in [4.78, 5) is 28.3. The summed E-state index contributed by atoms with van der Waals surface area (Å²) in [6, 6.07) is 3.99. The lowest BCUT2D eigenvalue weighted by molar-refractivity contribution is -0.201. The van der Waals surface area contributed by atoms with Gasteiger partial charge < -0.3 is 9.64 Å². The number of carbonyl (C=O) groups excluding carboxylic acids is 2. The number of rotatable bonds is 2. The van der Waals surface area contributed by atoms with Gasteiger partial charge in [0.1, 0.15) is 16.8 Å². The predicted octanol–water partition coefficient (Wildman–Crippen LogP) is 4.68. The van der Waals surface area contributed by atoms with Crippen LogP contribution in [0.5, 0.6) is 0 Å². The van der Waals surface area contributed by atoms with Crippen LogP contribution in [-0.4, -0.2) is 52.7 Å². The zero-order chi connectivity index (χ0) is 22.5. The van der Waals surface area contributed by atoms with Gasteiger partial charge in [-0.15, -0.1) is 0 Å². The summed E-state index contributed by atoms with van der Waals surface area (Å²) in [7, 11) is 0. The second-order valence-electron chi connectivity index (χ2n) is 9.09. The van der Waals surface area contributed by atoms with Gasteiger partial charge in [-0.25, -0.2) is 9.18 Å². The molecule has 0 aromatic heterocycles. The maximum absolute atomic E-state index is 13.5. The van der Waals surface area contributed by atoms with Crippen molar-refractivity contribution in [1.82, 2.24) is 9.80 Å². The molecule has 1 aromatic rings. The van der Waals surface area contributed by atoms with Crippen LogP contribution >= 0.6 is 0 Å². The molecular formula is C21H26F4N2O3. The number of amides is 2. The van der Waals surface area contributed by atoms with Crippen LogP contribution in [-0.2, 0) is 9.53 Å². The average molecular weight is 430 g/mol. The standard InChI is InChI=1S/C21H26F4N2O3/c1-13-11-27(18(29)30-19(2,3)4)16(14-5-7-15(22)8-6-14)12-26(13)17(28)20(9-10-20)21(23,24)25/h5-8,13,16H,9-12H2,1-4H3/t13-,16-/m0/s1. The molecule has 1 aromatic carbocycles. The molecule has 2 atom stereocenters. The van der Waals surface area contributed by atoms with Gasteiger partial charge in [0, 0.05) is 19.1 Å². The first kappa shape index (κ1) is 22.4. The summed E-state index contributed by atoms with van der Waals surface area (Å²) in [5.74, 6) is -1.44. The van der Waals surface area contributed by atoms with E-state index in [0.717, 1.165) is 0 Å². The Labute approximate surface area is 173 Å². The van der Waals surface area contributed by atoms with Gasteiger partial charge in [-0.2, -0.15) is 13.2 Å². The van der Waals surface area contributed by atoms with Crippen LogP contribution in [0.1, 0.15) is 52.1 Å². The third-order valence-electron chi connectivity index (χ3n) is 5.58. The molecule has 0 spiro atoms. The molecule has 0 radical (unpaired) electrons. The molecule has 2 aliphatic rings. The maximum atomic E-state index is 13.5. The quantitative estimate of drug-likeness (QED) is 0.641. The molecular weight excluding hydrogens is 404 g/mol. The Bertz CT molecular complexity index is 813. The van der Waals surface area contributed by atoms with Crippen LogP contribution in [0.4, 0.5) is 22.4 Å². The Morgan fingerprint density at radius 3 is 2.07 bits per heavy atom. The topological polar surface area (TPSA) is 49.9 Å². The third-order valence-corrected chi connectivity index (χ3v) is 5.58. The van der Waals surface area contributed by atoms with Crippen molar-refractivity contribution in [1.29, 1.82) is 0 Å². The molecule has 1 saturated carbocycles. The van der Waals surface area contributed by atoms with Crippen molar-refractivity contribution in [3.8, 4) is 0 Å². The first-order chi connectivity index (χ1) is 13.7. The molecule has 1 heterocycles. The Hall–Kier alpha value is -2.32. The van der Waals surface area contributed by atoms with Gasteiger partial charge in [0.15, 0.2) is 0 Å². The minimum Gasteiger partial charge on any atom is -0.444 e. The van der Waals surface area contributed by atoms with Gasteiger partial charge in [0.05, 0.1) is 6.04 Å². The number of benzene rings is 1. The Kier molecular flexibility index (Phi) is 5.54. The minimum atomic E-state index is -4.61. The van der Waals surface area contributed by atoms with Crippen molar-refractivity contribution in [2.24, 2.45) is 5.41 Å². The number of ether oxygens (including phenoxy) is 1. The van der Waals surface area contributed by atoms with Crippen LogP contribution in [0.3, 0.4) is 0 Å². The first-order valence-corrected chi connectivity index (χ1v) is 9.88. The van der Waals surface area contributed by atoms with Crippen LogP contribution in [0.15, 0.2) is 24.3 Å². The van der Waals surface area contributed by atoms with Gasteiger partial charge in [0.25, 0.3) is 0 Å².